The smallest absolute Gasteiger partial charge is 0.225 e. The molecule has 2 atom stereocenters. The highest BCUT2D eigenvalue weighted by Crippen LogP contribution is 2.26. The van der Waals surface area contributed by atoms with Gasteiger partial charge in [-0.3, -0.25) is 9.79 Å². The SMILES string of the molecule is CN=C(NCCCN1CCCCC1C)NC1CCN(C(=O)C2CCCCC2)C1.I. The van der Waals surface area contributed by atoms with Crippen molar-refractivity contribution in [1.29, 1.82) is 0 Å². The third kappa shape index (κ3) is 7.56. The van der Waals surface area contributed by atoms with Gasteiger partial charge in [-0.2, -0.15) is 0 Å². The summed E-state index contributed by atoms with van der Waals surface area (Å²) in [5.74, 6) is 1.55. The molecule has 6 nitrogen and oxygen atoms in total. The van der Waals surface area contributed by atoms with Crippen molar-refractivity contribution in [1.82, 2.24) is 20.4 Å². The minimum atomic E-state index is 0. The van der Waals surface area contributed by atoms with Gasteiger partial charge in [0, 0.05) is 51.2 Å². The van der Waals surface area contributed by atoms with E-state index in [0.29, 0.717) is 11.9 Å². The molecule has 1 saturated carbocycles. The molecule has 0 aromatic carbocycles. The van der Waals surface area contributed by atoms with Crippen LogP contribution in [0.2, 0.25) is 0 Å². The summed E-state index contributed by atoms with van der Waals surface area (Å²) in [6.07, 6.45) is 12.1. The molecule has 1 aliphatic carbocycles. The Kier molecular flexibility index (Phi) is 11.0. The lowest BCUT2D eigenvalue weighted by molar-refractivity contribution is -0.135. The van der Waals surface area contributed by atoms with E-state index in [1.165, 1.54) is 45.1 Å². The average molecular weight is 520 g/mol. The molecule has 0 aromatic rings. The lowest BCUT2D eigenvalue weighted by Crippen LogP contribution is -2.46. The molecule has 0 aromatic heterocycles. The number of likely N-dealkylation sites (tertiary alicyclic amines) is 2. The summed E-state index contributed by atoms with van der Waals surface area (Å²) in [5.41, 5.74) is 0. The molecular formula is C22H42IN5O. The molecule has 2 saturated heterocycles. The van der Waals surface area contributed by atoms with Gasteiger partial charge in [0.15, 0.2) is 5.96 Å². The summed E-state index contributed by atoms with van der Waals surface area (Å²) >= 11 is 0. The number of carbonyl (C=O) groups is 1. The van der Waals surface area contributed by atoms with Crippen LogP contribution in [0, 0.1) is 5.92 Å². The molecule has 0 spiro atoms. The third-order valence-corrected chi connectivity index (χ3v) is 6.87. The fourth-order valence-corrected chi connectivity index (χ4v) is 5.05. The summed E-state index contributed by atoms with van der Waals surface area (Å²) in [4.78, 5) is 21.8. The maximum absolute atomic E-state index is 12.7. The van der Waals surface area contributed by atoms with Crippen LogP contribution in [-0.4, -0.2) is 73.5 Å². The van der Waals surface area contributed by atoms with E-state index in [-0.39, 0.29) is 29.9 Å². The van der Waals surface area contributed by atoms with Crippen LogP contribution >= 0.6 is 24.0 Å². The second-order valence-electron chi connectivity index (χ2n) is 8.98. The van der Waals surface area contributed by atoms with E-state index < -0.39 is 0 Å². The Balaban J connectivity index is 0.00000300. The normalized spacial score (nSPS) is 26.8. The van der Waals surface area contributed by atoms with Gasteiger partial charge in [0.2, 0.25) is 5.91 Å². The maximum Gasteiger partial charge on any atom is 0.225 e. The molecule has 1 amide bonds. The third-order valence-electron chi connectivity index (χ3n) is 6.87. The van der Waals surface area contributed by atoms with E-state index in [1.54, 1.807) is 0 Å². The van der Waals surface area contributed by atoms with E-state index in [0.717, 1.165) is 63.9 Å². The number of nitrogens with zero attached hydrogens (tertiary/aromatic N) is 3. The Morgan fingerprint density at radius 2 is 1.79 bits per heavy atom. The van der Waals surface area contributed by atoms with Crippen LogP contribution in [-0.2, 0) is 4.79 Å². The molecule has 2 heterocycles. The molecule has 2 aliphatic heterocycles. The number of amides is 1. The standard InChI is InChI=1S/C22H41N5O.HI/c1-18-9-6-7-14-26(18)15-8-13-24-22(23-2)25-20-12-16-27(17-20)21(28)19-10-4-3-5-11-19;/h18-20H,3-17H2,1-2H3,(H2,23,24,25);1H. The second-order valence-corrected chi connectivity index (χ2v) is 8.98. The van der Waals surface area contributed by atoms with Crippen LogP contribution in [0.4, 0.5) is 0 Å². The van der Waals surface area contributed by atoms with Crippen molar-refractivity contribution in [3.05, 3.63) is 0 Å². The van der Waals surface area contributed by atoms with Crippen molar-refractivity contribution in [2.45, 2.75) is 83.2 Å². The first-order valence-electron chi connectivity index (χ1n) is 11.7. The van der Waals surface area contributed by atoms with Crippen molar-refractivity contribution < 1.29 is 4.79 Å². The van der Waals surface area contributed by atoms with Gasteiger partial charge in [0.25, 0.3) is 0 Å². The Hall–Kier alpha value is -0.570. The van der Waals surface area contributed by atoms with E-state index in [9.17, 15) is 4.79 Å². The quantitative estimate of drug-likeness (QED) is 0.245. The number of carbonyl (C=O) groups excluding carboxylic acids is 1. The van der Waals surface area contributed by atoms with Crippen LogP contribution in [0.3, 0.4) is 0 Å². The Morgan fingerprint density at radius 1 is 1.03 bits per heavy atom. The number of guanidine groups is 1. The molecule has 2 unspecified atom stereocenters. The van der Waals surface area contributed by atoms with E-state index in [4.69, 9.17) is 0 Å². The average Bonchev–Trinajstić information content (AvgIpc) is 3.20. The van der Waals surface area contributed by atoms with Crippen LogP contribution < -0.4 is 10.6 Å². The molecule has 3 rings (SSSR count). The number of nitrogens with one attached hydrogen (secondary N) is 2. The van der Waals surface area contributed by atoms with Crippen LogP contribution in [0.15, 0.2) is 4.99 Å². The molecule has 2 N–H and O–H groups in total. The number of hydrogen-bond acceptors (Lipinski definition) is 3. The van der Waals surface area contributed by atoms with Crippen molar-refractivity contribution in [2.75, 3.05) is 39.8 Å². The fourth-order valence-electron chi connectivity index (χ4n) is 5.05. The van der Waals surface area contributed by atoms with Gasteiger partial charge in [-0.25, -0.2) is 0 Å². The summed E-state index contributed by atoms with van der Waals surface area (Å²) in [5, 5.41) is 7.00. The number of hydrogen-bond donors (Lipinski definition) is 2. The summed E-state index contributed by atoms with van der Waals surface area (Å²) in [6.45, 7) is 7.42. The topological polar surface area (TPSA) is 60.0 Å². The first-order chi connectivity index (χ1) is 13.7. The minimum absolute atomic E-state index is 0. The predicted octanol–water partition coefficient (Wildman–Crippen LogP) is 3.22. The zero-order valence-electron chi connectivity index (χ0n) is 18.5. The Bertz CT molecular complexity index is 523. The predicted molar refractivity (Wildman–Crippen MR) is 131 cm³/mol. The summed E-state index contributed by atoms with van der Waals surface area (Å²) < 4.78 is 0. The van der Waals surface area contributed by atoms with E-state index >= 15 is 0 Å². The fraction of sp³-hybridized carbons (Fsp3) is 0.909. The molecule has 0 radical (unpaired) electrons. The highest BCUT2D eigenvalue weighted by Gasteiger charge is 2.31. The first kappa shape index (κ1) is 24.7. The van der Waals surface area contributed by atoms with Crippen molar-refractivity contribution in [3.63, 3.8) is 0 Å². The number of aliphatic imine (C=N–C) groups is 1. The molecule has 3 fully saturated rings. The van der Waals surface area contributed by atoms with Crippen molar-refractivity contribution in [3.8, 4) is 0 Å². The van der Waals surface area contributed by atoms with Crippen molar-refractivity contribution >= 4 is 35.8 Å². The van der Waals surface area contributed by atoms with Crippen LogP contribution in [0.25, 0.3) is 0 Å². The van der Waals surface area contributed by atoms with Crippen LogP contribution in [0.5, 0.6) is 0 Å². The van der Waals surface area contributed by atoms with Gasteiger partial charge in [-0.15, -0.1) is 24.0 Å². The Morgan fingerprint density at radius 3 is 2.52 bits per heavy atom. The molecular weight excluding hydrogens is 477 g/mol. The molecule has 3 aliphatic rings. The van der Waals surface area contributed by atoms with Gasteiger partial charge < -0.3 is 20.4 Å². The number of rotatable bonds is 6. The summed E-state index contributed by atoms with van der Waals surface area (Å²) in [7, 11) is 1.84. The maximum atomic E-state index is 12.7. The van der Waals surface area contributed by atoms with Gasteiger partial charge in [-0.1, -0.05) is 25.7 Å². The van der Waals surface area contributed by atoms with E-state index in [1.807, 2.05) is 7.05 Å². The zero-order chi connectivity index (χ0) is 19.8. The van der Waals surface area contributed by atoms with Gasteiger partial charge in [0.05, 0.1) is 0 Å². The first-order valence-corrected chi connectivity index (χ1v) is 11.7. The van der Waals surface area contributed by atoms with E-state index in [2.05, 4.69) is 32.3 Å². The van der Waals surface area contributed by atoms with Gasteiger partial charge >= 0.3 is 0 Å². The molecule has 168 valence electrons. The van der Waals surface area contributed by atoms with Gasteiger partial charge in [-0.05, 0) is 52.0 Å². The lowest BCUT2D eigenvalue weighted by atomic mass is 9.88. The minimum Gasteiger partial charge on any atom is -0.356 e. The van der Waals surface area contributed by atoms with Crippen LogP contribution in [0.1, 0.15) is 71.1 Å². The molecule has 29 heavy (non-hydrogen) atoms. The summed E-state index contributed by atoms with van der Waals surface area (Å²) in [6, 6.07) is 1.05. The highest BCUT2D eigenvalue weighted by molar-refractivity contribution is 14.0. The monoisotopic (exact) mass is 519 g/mol. The molecule has 0 bridgehead atoms. The number of halogens is 1. The second kappa shape index (κ2) is 13.0. The molecule has 7 heteroatoms. The van der Waals surface area contributed by atoms with Crippen molar-refractivity contribution in [2.24, 2.45) is 10.9 Å². The zero-order valence-corrected chi connectivity index (χ0v) is 20.8. The highest BCUT2D eigenvalue weighted by atomic mass is 127. The lowest BCUT2D eigenvalue weighted by Gasteiger charge is -2.33. The number of piperidine rings is 1. The largest absolute Gasteiger partial charge is 0.356 e. The Labute approximate surface area is 194 Å². The van der Waals surface area contributed by atoms with Gasteiger partial charge in [0.1, 0.15) is 0 Å².